The van der Waals surface area contributed by atoms with Crippen LogP contribution in [0, 0.1) is 0 Å². The van der Waals surface area contributed by atoms with Crippen LogP contribution < -0.4 is 10.2 Å². The molecule has 0 bridgehead atoms. The normalized spacial score (nSPS) is 13.0. The molecule has 2 rings (SSSR count). The number of benzene rings is 2. The Bertz CT molecular complexity index is 936. The Morgan fingerprint density at radius 2 is 0.897 bits per heavy atom. The van der Waals surface area contributed by atoms with E-state index in [1.54, 1.807) is 12.1 Å². The largest absolute Gasteiger partial charge is 2.00 e. The van der Waals surface area contributed by atoms with E-state index >= 15 is 0 Å². The van der Waals surface area contributed by atoms with E-state index in [4.69, 9.17) is 9.11 Å². The van der Waals surface area contributed by atoms with Gasteiger partial charge in [-0.25, -0.2) is 0 Å². The number of rotatable bonds is 6. The van der Waals surface area contributed by atoms with Gasteiger partial charge in [-0.05, 0) is 11.1 Å². The van der Waals surface area contributed by atoms with Crippen molar-refractivity contribution in [1.82, 2.24) is 0 Å². The Morgan fingerprint density at radius 1 is 0.655 bits per heavy atom. The van der Waals surface area contributed by atoms with Gasteiger partial charge in [-0.3, -0.25) is 9.11 Å². The van der Waals surface area contributed by atoms with Crippen LogP contribution in [-0.2, 0) is 29.8 Å². The van der Waals surface area contributed by atoms with Gasteiger partial charge in [-0.15, -0.1) is 0 Å². The van der Waals surface area contributed by atoms with Crippen LogP contribution in [0.3, 0.4) is 0 Å². The third kappa shape index (κ3) is 8.47. The van der Waals surface area contributed by atoms with Gasteiger partial charge in [0.25, 0.3) is 20.2 Å². The van der Waals surface area contributed by atoms with E-state index in [0.29, 0.717) is 0 Å². The Morgan fingerprint density at radius 3 is 1.07 bits per heavy atom. The SMILES string of the molecule is O=C([O-])C(c1ccccc1)S(=O)(=O)O.O=C([O-])C(c1ccccc1)S(=O)(=O)O.[Mg+2]. The number of aliphatic carboxylic acids is 2. The van der Waals surface area contributed by atoms with Crippen LogP contribution in [0.2, 0.25) is 0 Å². The summed E-state index contributed by atoms with van der Waals surface area (Å²) >= 11 is 0. The van der Waals surface area contributed by atoms with E-state index in [-0.39, 0.29) is 34.2 Å². The van der Waals surface area contributed by atoms with Gasteiger partial charge < -0.3 is 19.8 Å². The average molecular weight is 455 g/mol. The maximum absolute atomic E-state index is 10.7. The van der Waals surface area contributed by atoms with Crippen LogP contribution >= 0.6 is 0 Å². The van der Waals surface area contributed by atoms with Crippen molar-refractivity contribution in [3.05, 3.63) is 71.8 Å². The monoisotopic (exact) mass is 454 g/mol. The first-order valence-corrected chi connectivity index (χ1v) is 10.3. The van der Waals surface area contributed by atoms with Gasteiger partial charge in [0, 0.05) is 0 Å². The second-order valence-electron chi connectivity index (χ2n) is 5.25. The van der Waals surface area contributed by atoms with Crippen LogP contribution in [0.4, 0.5) is 0 Å². The first kappa shape index (κ1) is 27.0. The molecule has 0 aliphatic rings. The molecular formula is C16H14MgO10S2. The molecule has 0 radical (unpaired) electrons. The topological polar surface area (TPSA) is 189 Å². The van der Waals surface area contributed by atoms with E-state index in [1.165, 1.54) is 48.5 Å². The average Bonchev–Trinajstić information content (AvgIpc) is 2.54. The summed E-state index contributed by atoms with van der Waals surface area (Å²) in [7, 11) is -9.36. The smallest absolute Gasteiger partial charge is 0.548 e. The fraction of sp³-hybridized carbons (Fsp3) is 0.125. The summed E-state index contributed by atoms with van der Waals surface area (Å²) in [6.45, 7) is 0. The van der Waals surface area contributed by atoms with Gasteiger partial charge in [0.05, 0.1) is 11.9 Å². The Hall–Kier alpha value is -2.03. The predicted molar refractivity (Wildman–Crippen MR) is 97.2 cm³/mol. The molecule has 0 amide bonds. The van der Waals surface area contributed by atoms with Crippen molar-refractivity contribution in [2.75, 3.05) is 0 Å². The van der Waals surface area contributed by atoms with Gasteiger partial charge in [-0.1, -0.05) is 60.7 Å². The summed E-state index contributed by atoms with van der Waals surface area (Å²) in [5.74, 6) is -3.70. The number of carbonyl (C=O) groups is 2. The van der Waals surface area contributed by atoms with Crippen LogP contribution in [0.25, 0.3) is 0 Å². The van der Waals surface area contributed by atoms with Crippen LogP contribution in [0.1, 0.15) is 21.6 Å². The summed E-state index contributed by atoms with van der Waals surface area (Å²) in [6.07, 6.45) is 0. The Labute approximate surface area is 182 Å². The quantitative estimate of drug-likeness (QED) is 0.377. The van der Waals surface area contributed by atoms with Crippen LogP contribution in [0.15, 0.2) is 60.7 Å². The molecule has 0 heterocycles. The van der Waals surface area contributed by atoms with Gasteiger partial charge >= 0.3 is 23.1 Å². The molecule has 13 heteroatoms. The molecule has 2 N–H and O–H groups in total. The molecule has 2 unspecified atom stereocenters. The minimum absolute atomic E-state index is 0. The molecule has 0 saturated carbocycles. The van der Waals surface area contributed by atoms with Crippen LogP contribution in [-0.4, -0.2) is 60.9 Å². The fourth-order valence-electron chi connectivity index (χ4n) is 2.11. The van der Waals surface area contributed by atoms with Gasteiger partial charge in [-0.2, -0.15) is 16.8 Å². The number of hydrogen-bond acceptors (Lipinski definition) is 8. The second-order valence-corrected chi connectivity index (χ2v) is 8.25. The van der Waals surface area contributed by atoms with Crippen molar-refractivity contribution >= 4 is 55.2 Å². The first-order valence-electron chi connectivity index (χ1n) is 7.30. The summed E-state index contributed by atoms with van der Waals surface area (Å²) in [5, 5.41) is 16.9. The van der Waals surface area contributed by atoms with E-state index < -0.39 is 42.7 Å². The number of carbonyl (C=O) groups excluding carboxylic acids is 2. The molecule has 0 aromatic heterocycles. The van der Waals surface area contributed by atoms with Crippen molar-refractivity contribution in [2.24, 2.45) is 0 Å². The molecular weight excluding hydrogens is 441 g/mol. The zero-order valence-corrected chi connectivity index (χ0v) is 17.7. The molecule has 152 valence electrons. The van der Waals surface area contributed by atoms with Crippen LogP contribution in [0.5, 0.6) is 0 Å². The third-order valence-corrected chi connectivity index (χ3v) is 5.35. The standard InChI is InChI=1S/2C8H8O5S.Mg/c2*9-8(10)7(14(11,12)13)6-4-2-1-3-5-6;/h2*1-5,7H,(H,9,10)(H,11,12,13);/q;;+2/p-2. The molecule has 2 atom stereocenters. The fourth-order valence-corrected chi connectivity index (χ4v) is 3.60. The number of carboxylic acids is 2. The second kappa shape index (κ2) is 11.2. The molecule has 0 saturated heterocycles. The van der Waals surface area contributed by atoms with E-state index in [0.717, 1.165) is 0 Å². The molecule has 0 aliphatic heterocycles. The van der Waals surface area contributed by atoms with E-state index in [1.807, 2.05) is 0 Å². The molecule has 0 fully saturated rings. The Balaban J connectivity index is 0.000000523. The van der Waals surface area contributed by atoms with Crippen molar-refractivity contribution in [3.63, 3.8) is 0 Å². The maximum atomic E-state index is 10.7. The molecule has 2 aromatic carbocycles. The molecule has 2 aromatic rings. The minimum Gasteiger partial charge on any atom is -0.548 e. The summed E-state index contributed by atoms with van der Waals surface area (Å²) in [5.41, 5.74) is -0.0648. The van der Waals surface area contributed by atoms with Gasteiger partial charge in [0.1, 0.15) is 0 Å². The zero-order valence-electron chi connectivity index (χ0n) is 14.6. The summed E-state index contributed by atoms with van der Waals surface area (Å²) in [6, 6.07) is 14.2. The number of hydrogen-bond donors (Lipinski definition) is 2. The predicted octanol–water partition coefficient (Wildman–Crippen LogP) is -1.65. The molecule has 10 nitrogen and oxygen atoms in total. The molecule has 0 spiro atoms. The maximum Gasteiger partial charge on any atom is 2.00 e. The van der Waals surface area contributed by atoms with Crippen molar-refractivity contribution < 1.29 is 45.7 Å². The van der Waals surface area contributed by atoms with E-state index in [2.05, 4.69) is 0 Å². The first-order chi connectivity index (χ1) is 12.9. The van der Waals surface area contributed by atoms with Crippen molar-refractivity contribution in [1.29, 1.82) is 0 Å². The zero-order chi connectivity index (χ0) is 21.5. The Kier molecular flexibility index (Phi) is 10.4. The third-order valence-electron chi connectivity index (χ3n) is 3.23. The molecule has 0 aliphatic carbocycles. The summed E-state index contributed by atoms with van der Waals surface area (Å²) < 4.78 is 60.1. The van der Waals surface area contributed by atoms with Gasteiger partial charge in [0.2, 0.25) is 0 Å². The minimum atomic E-state index is -4.68. The van der Waals surface area contributed by atoms with Crippen molar-refractivity contribution in [2.45, 2.75) is 10.5 Å². The van der Waals surface area contributed by atoms with Crippen molar-refractivity contribution in [3.8, 4) is 0 Å². The van der Waals surface area contributed by atoms with Gasteiger partial charge in [0.15, 0.2) is 10.5 Å². The number of carboxylic acid groups (broad SMARTS) is 2. The van der Waals surface area contributed by atoms with E-state index in [9.17, 15) is 36.6 Å². The summed E-state index contributed by atoms with van der Waals surface area (Å²) in [4.78, 5) is 21.0. The molecule has 29 heavy (non-hydrogen) atoms.